The van der Waals surface area contributed by atoms with Gasteiger partial charge in [-0.05, 0) is 0 Å². The summed E-state index contributed by atoms with van der Waals surface area (Å²) in [5.74, 6) is -2.11. The van der Waals surface area contributed by atoms with Gasteiger partial charge in [-0.25, -0.2) is 0 Å². The molecule has 0 aliphatic rings. The highest BCUT2D eigenvalue weighted by molar-refractivity contribution is 6.65. The molecule has 0 bridgehead atoms. The van der Waals surface area contributed by atoms with E-state index in [1.165, 1.54) is 0 Å². The third-order valence-electron chi connectivity index (χ3n) is 1.23. The van der Waals surface area contributed by atoms with Crippen molar-refractivity contribution in [1.29, 1.82) is 0 Å². The van der Waals surface area contributed by atoms with Gasteiger partial charge in [0, 0.05) is 0 Å². The molecule has 2 nitrogen and oxygen atoms in total. The van der Waals surface area contributed by atoms with Crippen molar-refractivity contribution in [1.82, 2.24) is 0 Å². The van der Waals surface area contributed by atoms with Crippen molar-refractivity contribution in [3.8, 4) is 0 Å². The molecule has 76 valence electrons. The number of hydrogen-bond acceptors (Lipinski definition) is 2. The highest BCUT2D eigenvalue weighted by Gasteiger charge is 2.44. The van der Waals surface area contributed by atoms with Crippen LogP contribution in [0.25, 0.3) is 0 Å². The highest BCUT2D eigenvalue weighted by Crippen LogP contribution is 2.31. The maximum Gasteiger partial charge on any atom is 0.200 e. The summed E-state index contributed by atoms with van der Waals surface area (Å²) in [5.41, 5.74) is 0. The van der Waals surface area contributed by atoms with E-state index in [9.17, 15) is 9.59 Å². The molecule has 0 spiro atoms. The molecule has 0 saturated heterocycles. The van der Waals surface area contributed by atoms with Gasteiger partial charge in [-0.15, -0.1) is 34.8 Å². The fourth-order valence-corrected chi connectivity index (χ4v) is 1.66. The maximum absolute atomic E-state index is 11.0. The van der Waals surface area contributed by atoms with Crippen LogP contribution in [-0.2, 0) is 9.59 Å². The molecule has 0 amide bonds. The second-order valence-electron chi connectivity index (χ2n) is 2.14. The quantitative estimate of drug-likeness (QED) is 0.727. The van der Waals surface area contributed by atoms with Gasteiger partial charge in [0.25, 0.3) is 0 Å². The van der Waals surface area contributed by atoms with Crippen molar-refractivity contribution in [2.75, 3.05) is 11.8 Å². The van der Waals surface area contributed by atoms with E-state index in [2.05, 4.69) is 0 Å². The lowest BCUT2D eigenvalue weighted by molar-refractivity contribution is -0.122. The number of Topliss-reactive ketones (excluding diaryl/α,β-unsaturated/α-hetero) is 2. The normalized spacial score (nSPS) is 13.9. The smallest absolute Gasteiger partial charge is 0.200 e. The number of ketones is 2. The number of hydrogen-bond donors (Lipinski definition) is 0. The van der Waals surface area contributed by atoms with E-state index in [0.717, 1.165) is 0 Å². The number of rotatable bonds is 5. The molecule has 13 heavy (non-hydrogen) atoms. The van der Waals surface area contributed by atoms with E-state index < -0.39 is 27.2 Å². The summed E-state index contributed by atoms with van der Waals surface area (Å²) in [4.78, 5) is 22.0. The first-order valence-electron chi connectivity index (χ1n) is 3.07. The van der Waals surface area contributed by atoms with Crippen molar-refractivity contribution < 1.29 is 9.59 Å². The number of carbonyl (C=O) groups excluding carboxylic acids is 2. The second-order valence-corrected chi connectivity index (χ2v) is 4.50. The molecule has 0 saturated carbocycles. The Hall–Kier alpha value is 0.790. The Morgan fingerprint density at radius 1 is 1.15 bits per heavy atom. The minimum atomic E-state index is -2.00. The van der Waals surface area contributed by atoms with Gasteiger partial charge in [0.05, 0.1) is 11.8 Å². The molecule has 7 heteroatoms. The first-order valence-corrected chi connectivity index (χ1v) is 5.33. The molecular formula is C6H5Cl5O2. The van der Waals surface area contributed by atoms with Crippen molar-refractivity contribution in [2.24, 2.45) is 0 Å². The molecule has 0 aromatic carbocycles. The topological polar surface area (TPSA) is 34.1 Å². The Morgan fingerprint density at radius 2 is 1.62 bits per heavy atom. The average Bonchev–Trinajstić information content (AvgIpc) is 2.13. The van der Waals surface area contributed by atoms with Gasteiger partial charge in [0.15, 0.2) is 15.9 Å². The van der Waals surface area contributed by atoms with Crippen LogP contribution in [0.2, 0.25) is 0 Å². The van der Waals surface area contributed by atoms with E-state index in [4.69, 9.17) is 58.0 Å². The second kappa shape index (κ2) is 5.62. The van der Waals surface area contributed by atoms with Gasteiger partial charge in [0.2, 0.25) is 0 Å². The molecule has 0 heterocycles. The first-order chi connectivity index (χ1) is 5.87. The van der Waals surface area contributed by atoms with Gasteiger partial charge in [-0.1, -0.05) is 23.2 Å². The van der Waals surface area contributed by atoms with Crippen LogP contribution in [0.1, 0.15) is 0 Å². The monoisotopic (exact) mass is 284 g/mol. The first kappa shape index (κ1) is 13.8. The van der Waals surface area contributed by atoms with Gasteiger partial charge in [0.1, 0.15) is 5.38 Å². The summed E-state index contributed by atoms with van der Waals surface area (Å²) >= 11 is 27.0. The van der Waals surface area contributed by atoms with Gasteiger partial charge in [-0.2, -0.15) is 0 Å². The third kappa shape index (κ3) is 3.45. The molecular weight excluding hydrogens is 281 g/mol. The predicted octanol–water partition coefficient (Wildman–Crippen LogP) is 2.38. The molecule has 1 unspecified atom stereocenters. The molecule has 1 atom stereocenters. The Bertz CT molecular complexity index is 215. The summed E-state index contributed by atoms with van der Waals surface area (Å²) in [7, 11) is 0. The molecule has 0 radical (unpaired) electrons. The van der Waals surface area contributed by atoms with Crippen LogP contribution in [0.4, 0.5) is 0 Å². The largest absolute Gasteiger partial charge is 0.297 e. The number of alkyl halides is 5. The number of carbonyl (C=O) groups is 2. The summed E-state index contributed by atoms with van der Waals surface area (Å²) in [5, 5.41) is -1.38. The summed E-state index contributed by atoms with van der Waals surface area (Å²) in [6.07, 6.45) is 0. The zero-order valence-electron chi connectivity index (χ0n) is 6.20. The molecule has 0 aliphatic carbocycles. The summed E-state index contributed by atoms with van der Waals surface area (Å²) in [6, 6.07) is 0. The molecule has 0 fully saturated rings. The Morgan fingerprint density at radius 3 is 1.92 bits per heavy atom. The van der Waals surface area contributed by atoms with Crippen molar-refractivity contribution in [3.63, 3.8) is 0 Å². The van der Waals surface area contributed by atoms with Crippen LogP contribution in [0.15, 0.2) is 0 Å². The van der Waals surface area contributed by atoms with Gasteiger partial charge < -0.3 is 0 Å². The zero-order valence-corrected chi connectivity index (χ0v) is 9.98. The minimum Gasteiger partial charge on any atom is -0.297 e. The van der Waals surface area contributed by atoms with Crippen molar-refractivity contribution in [2.45, 2.75) is 9.71 Å². The molecule has 0 rings (SSSR count). The standard InChI is InChI=1S/C6H5Cl5O2/c7-1-3(12)5(9)6(10,11)4(13)2-8/h5H,1-2H2. The Kier molecular flexibility index (Phi) is 5.96. The Balaban J connectivity index is 4.62. The van der Waals surface area contributed by atoms with E-state index in [1.807, 2.05) is 0 Å². The fourth-order valence-electron chi connectivity index (χ4n) is 0.500. The van der Waals surface area contributed by atoms with Crippen LogP contribution in [-0.4, -0.2) is 33.0 Å². The predicted molar refractivity (Wildman–Crippen MR) is 55.5 cm³/mol. The maximum atomic E-state index is 11.0. The van der Waals surface area contributed by atoms with Crippen LogP contribution in [0.5, 0.6) is 0 Å². The zero-order chi connectivity index (χ0) is 10.6. The van der Waals surface area contributed by atoms with E-state index in [-0.39, 0.29) is 5.88 Å². The van der Waals surface area contributed by atoms with E-state index in [0.29, 0.717) is 0 Å². The van der Waals surface area contributed by atoms with E-state index in [1.54, 1.807) is 0 Å². The SMILES string of the molecule is O=C(CCl)C(Cl)C(Cl)(Cl)C(=O)CCl. The molecule has 0 aromatic heterocycles. The van der Waals surface area contributed by atoms with Crippen LogP contribution < -0.4 is 0 Å². The lowest BCUT2D eigenvalue weighted by Gasteiger charge is -2.20. The fraction of sp³-hybridized carbons (Fsp3) is 0.667. The van der Waals surface area contributed by atoms with Gasteiger partial charge in [-0.3, -0.25) is 9.59 Å². The lowest BCUT2D eigenvalue weighted by atomic mass is 10.1. The summed E-state index contributed by atoms with van der Waals surface area (Å²) < 4.78 is -2.00. The number of halogens is 5. The van der Waals surface area contributed by atoms with Crippen LogP contribution in [0, 0.1) is 0 Å². The van der Waals surface area contributed by atoms with Crippen molar-refractivity contribution >= 4 is 69.6 Å². The van der Waals surface area contributed by atoms with Crippen LogP contribution >= 0.6 is 58.0 Å². The lowest BCUT2D eigenvalue weighted by Crippen LogP contribution is -2.42. The van der Waals surface area contributed by atoms with Crippen molar-refractivity contribution in [3.05, 3.63) is 0 Å². The van der Waals surface area contributed by atoms with E-state index >= 15 is 0 Å². The molecule has 0 N–H and O–H groups in total. The molecule has 0 aromatic rings. The summed E-state index contributed by atoms with van der Waals surface area (Å²) in [6.45, 7) is 0. The minimum absolute atomic E-state index is 0.356. The average molecular weight is 286 g/mol. The highest BCUT2D eigenvalue weighted by atomic mass is 35.5. The van der Waals surface area contributed by atoms with Gasteiger partial charge >= 0.3 is 0 Å². The Labute approximate surface area is 100 Å². The van der Waals surface area contributed by atoms with Crippen LogP contribution in [0.3, 0.4) is 0 Å². The molecule has 0 aliphatic heterocycles. The third-order valence-corrected chi connectivity index (χ3v) is 3.38.